The second kappa shape index (κ2) is 7.72. The van der Waals surface area contributed by atoms with Crippen LogP contribution in [0.5, 0.6) is 5.88 Å². The number of halogens is 1. The fourth-order valence-electron chi connectivity index (χ4n) is 2.73. The molecule has 1 fully saturated rings. The van der Waals surface area contributed by atoms with E-state index in [0.717, 1.165) is 25.7 Å². The van der Waals surface area contributed by atoms with Crippen molar-refractivity contribution in [1.82, 2.24) is 15.3 Å². The molecule has 1 heterocycles. The summed E-state index contributed by atoms with van der Waals surface area (Å²) in [6, 6.07) is 5.50. The van der Waals surface area contributed by atoms with Gasteiger partial charge in [-0.2, -0.15) is 0 Å². The number of rotatable bonds is 4. The fourth-order valence-corrected chi connectivity index (χ4v) is 2.73. The molecule has 1 saturated carbocycles. The summed E-state index contributed by atoms with van der Waals surface area (Å²) < 4.78 is 18.6. The van der Waals surface area contributed by atoms with Crippen LogP contribution in [0, 0.1) is 5.82 Å². The number of urea groups is 1. The Kier molecular flexibility index (Phi) is 5.20. The first-order valence-corrected chi connectivity index (χ1v) is 7.95. The van der Waals surface area contributed by atoms with E-state index in [1.54, 1.807) is 18.6 Å². The molecule has 7 heteroatoms. The standard InChI is InChI=1S/C17H19FN4O2/c18-12-1-3-13(4-2-12)21-17(23)22-14-5-7-15(8-6-14)24-16-11-19-9-10-20-16/h1-4,9-11,14-15H,5-8H2,(H2,21,22,23). The molecule has 0 unspecified atom stereocenters. The van der Waals surface area contributed by atoms with Crippen molar-refractivity contribution >= 4 is 11.7 Å². The second-order valence-electron chi connectivity index (χ2n) is 5.74. The molecule has 1 aliphatic rings. The first kappa shape index (κ1) is 16.2. The molecule has 2 aromatic rings. The smallest absolute Gasteiger partial charge is 0.319 e. The number of hydrogen-bond donors (Lipinski definition) is 2. The first-order chi connectivity index (χ1) is 11.7. The molecule has 2 N–H and O–H groups in total. The molecule has 1 aromatic carbocycles. The average Bonchev–Trinajstić information content (AvgIpc) is 2.60. The van der Waals surface area contributed by atoms with Gasteiger partial charge in [0.25, 0.3) is 0 Å². The summed E-state index contributed by atoms with van der Waals surface area (Å²) in [4.78, 5) is 20.0. The summed E-state index contributed by atoms with van der Waals surface area (Å²) >= 11 is 0. The van der Waals surface area contributed by atoms with E-state index >= 15 is 0 Å². The minimum absolute atomic E-state index is 0.0971. The molecule has 1 aromatic heterocycles. The van der Waals surface area contributed by atoms with E-state index in [4.69, 9.17) is 4.74 Å². The molecule has 2 amide bonds. The topological polar surface area (TPSA) is 76.1 Å². The van der Waals surface area contributed by atoms with E-state index in [2.05, 4.69) is 20.6 Å². The molecule has 0 aliphatic heterocycles. The third kappa shape index (κ3) is 4.65. The van der Waals surface area contributed by atoms with Gasteiger partial charge in [-0.3, -0.25) is 4.98 Å². The molecule has 1 aliphatic carbocycles. The molecule has 126 valence electrons. The van der Waals surface area contributed by atoms with Gasteiger partial charge in [-0.15, -0.1) is 0 Å². The Morgan fingerprint density at radius 3 is 2.54 bits per heavy atom. The quantitative estimate of drug-likeness (QED) is 0.903. The van der Waals surface area contributed by atoms with Gasteiger partial charge < -0.3 is 15.4 Å². The number of hydrogen-bond acceptors (Lipinski definition) is 4. The Hall–Kier alpha value is -2.70. The molecule has 0 spiro atoms. The maximum Gasteiger partial charge on any atom is 0.319 e. The summed E-state index contributed by atoms with van der Waals surface area (Å²) in [5.41, 5.74) is 0.563. The largest absolute Gasteiger partial charge is 0.473 e. The predicted octanol–water partition coefficient (Wildman–Crippen LogP) is 3.13. The van der Waals surface area contributed by atoms with Crippen molar-refractivity contribution in [3.8, 4) is 5.88 Å². The Bertz CT molecular complexity index is 658. The number of nitrogens with one attached hydrogen (secondary N) is 2. The third-order valence-corrected chi connectivity index (χ3v) is 3.94. The highest BCUT2D eigenvalue weighted by Gasteiger charge is 2.24. The van der Waals surface area contributed by atoms with Crippen LogP contribution in [0.4, 0.5) is 14.9 Å². The molecule has 0 atom stereocenters. The van der Waals surface area contributed by atoms with Crippen LogP contribution >= 0.6 is 0 Å². The number of carbonyl (C=O) groups excluding carboxylic acids is 1. The van der Waals surface area contributed by atoms with Crippen molar-refractivity contribution in [2.45, 2.75) is 37.8 Å². The predicted molar refractivity (Wildman–Crippen MR) is 87.3 cm³/mol. The van der Waals surface area contributed by atoms with Crippen LogP contribution in [0.3, 0.4) is 0 Å². The summed E-state index contributed by atoms with van der Waals surface area (Å²) in [6.45, 7) is 0. The van der Waals surface area contributed by atoms with E-state index in [-0.39, 0.29) is 24.0 Å². The van der Waals surface area contributed by atoms with Crippen LogP contribution in [-0.4, -0.2) is 28.1 Å². The van der Waals surface area contributed by atoms with Gasteiger partial charge in [0.2, 0.25) is 5.88 Å². The molecule has 3 rings (SSSR count). The Morgan fingerprint density at radius 1 is 1.12 bits per heavy atom. The second-order valence-corrected chi connectivity index (χ2v) is 5.74. The van der Waals surface area contributed by atoms with Crippen molar-refractivity contribution in [3.05, 3.63) is 48.7 Å². The lowest BCUT2D eigenvalue weighted by molar-refractivity contribution is 0.135. The molecule has 0 saturated heterocycles. The van der Waals surface area contributed by atoms with Gasteiger partial charge in [0.05, 0.1) is 6.20 Å². The molecule has 0 radical (unpaired) electrons. The number of amides is 2. The zero-order chi connectivity index (χ0) is 16.8. The first-order valence-electron chi connectivity index (χ1n) is 7.95. The van der Waals surface area contributed by atoms with Crippen molar-refractivity contribution in [3.63, 3.8) is 0 Å². The molecule has 0 bridgehead atoms. The van der Waals surface area contributed by atoms with E-state index in [0.29, 0.717) is 11.6 Å². The lowest BCUT2D eigenvalue weighted by Crippen LogP contribution is -2.41. The van der Waals surface area contributed by atoms with Crippen molar-refractivity contribution < 1.29 is 13.9 Å². The lowest BCUT2D eigenvalue weighted by atomic mass is 9.93. The normalized spacial score (nSPS) is 20.2. The van der Waals surface area contributed by atoms with Gasteiger partial charge in [-0.25, -0.2) is 14.2 Å². The molecule has 6 nitrogen and oxygen atoms in total. The highest BCUT2D eigenvalue weighted by molar-refractivity contribution is 5.89. The van der Waals surface area contributed by atoms with Gasteiger partial charge in [0, 0.05) is 24.1 Å². The number of nitrogens with zero attached hydrogens (tertiary/aromatic N) is 2. The highest BCUT2D eigenvalue weighted by Crippen LogP contribution is 2.22. The summed E-state index contributed by atoms with van der Waals surface area (Å²) in [6.07, 6.45) is 8.26. The number of aromatic nitrogens is 2. The molecular formula is C17H19FN4O2. The Morgan fingerprint density at radius 2 is 1.88 bits per heavy atom. The minimum Gasteiger partial charge on any atom is -0.473 e. The number of carbonyl (C=O) groups is 1. The monoisotopic (exact) mass is 330 g/mol. The minimum atomic E-state index is -0.331. The van der Waals surface area contributed by atoms with Crippen molar-refractivity contribution in [2.75, 3.05) is 5.32 Å². The highest BCUT2D eigenvalue weighted by atomic mass is 19.1. The Labute approximate surface area is 139 Å². The Balaban J connectivity index is 1.41. The van der Waals surface area contributed by atoms with Crippen LogP contribution < -0.4 is 15.4 Å². The number of benzene rings is 1. The zero-order valence-electron chi connectivity index (χ0n) is 13.1. The van der Waals surface area contributed by atoms with Crippen molar-refractivity contribution in [2.24, 2.45) is 0 Å². The number of ether oxygens (including phenoxy) is 1. The summed E-state index contributed by atoms with van der Waals surface area (Å²) in [7, 11) is 0. The van der Waals surface area contributed by atoms with Crippen LogP contribution in [0.15, 0.2) is 42.9 Å². The van der Waals surface area contributed by atoms with Crippen molar-refractivity contribution in [1.29, 1.82) is 0 Å². The van der Waals surface area contributed by atoms with E-state index in [9.17, 15) is 9.18 Å². The van der Waals surface area contributed by atoms with E-state index in [1.165, 1.54) is 24.3 Å². The number of anilines is 1. The van der Waals surface area contributed by atoms with Gasteiger partial charge in [0.15, 0.2) is 0 Å². The summed E-state index contributed by atoms with van der Waals surface area (Å²) in [5, 5.41) is 5.64. The molecular weight excluding hydrogens is 311 g/mol. The maximum absolute atomic E-state index is 12.8. The third-order valence-electron chi connectivity index (χ3n) is 3.94. The zero-order valence-corrected chi connectivity index (χ0v) is 13.1. The van der Waals surface area contributed by atoms with Gasteiger partial charge in [-0.1, -0.05) is 0 Å². The van der Waals surface area contributed by atoms with E-state index in [1.807, 2.05) is 0 Å². The SMILES string of the molecule is O=C(Nc1ccc(F)cc1)NC1CCC(Oc2cnccn2)CC1. The van der Waals surface area contributed by atoms with Gasteiger partial charge >= 0.3 is 6.03 Å². The van der Waals surface area contributed by atoms with E-state index < -0.39 is 0 Å². The van der Waals surface area contributed by atoms with Gasteiger partial charge in [-0.05, 0) is 49.9 Å². The van der Waals surface area contributed by atoms with Gasteiger partial charge in [0.1, 0.15) is 11.9 Å². The lowest BCUT2D eigenvalue weighted by Gasteiger charge is -2.29. The van der Waals surface area contributed by atoms with Crippen LogP contribution in [0.2, 0.25) is 0 Å². The van der Waals surface area contributed by atoms with Crippen LogP contribution in [-0.2, 0) is 0 Å². The fraction of sp³-hybridized carbons (Fsp3) is 0.353. The average molecular weight is 330 g/mol. The van der Waals surface area contributed by atoms with Crippen LogP contribution in [0.1, 0.15) is 25.7 Å². The summed E-state index contributed by atoms with van der Waals surface area (Å²) in [5.74, 6) is 0.199. The maximum atomic E-state index is 12.8. The van der Waals surface area contributed by atoms with Crippen LogP contribution in [0.25, 0.3) is 0 Å². The molecule has 24 heavy (non-hydrogen) atoms.